The van der Waals surface area contributed by atoms with Gasteiger partial charge in [-0.05, 0) is 30.7 Å². The zero-order chi connectivity index (χ0) is 17.4. The summed E-state index contributed by atoms with van der Waals surface area (Å²) in [5.41, 5.74) is 1.01. The molecule has 7 heteroatoms. The lowest BCUT2D eigenvalue weighted by molar-refractivity contribution is -0.132. The number of amides is 3. The van der Waals surface area contributed by atoms with Crippen LogP contribution in [-0.2, 0) is 9.59 Å². The molecule has 2 saturated heterocycles. The van der Waals surface area contributed by atoms with Crippen LogP contribution in [0, 0.1) is 18.7 Å². The maximum atomic E-state index is 13.4. The molecule has 2 aliphatic heterocycles. The molecule has 6 nitrogen and oxygen atoms in total. The van der Waals surface area contributed by atoms with E-state index in [1.54, 1.807) is 29.8 Å². The van der Waals surface area contributed by atoms with Gasteiger partial charge in [-0.15, -0.1) is 0 Å². The predicted octanol–water partition coefficient (Wildman–Crippen LogP) is 0.553. The maximum absolute atomic E-state index is 13.4. The first-order valence-corrected chi connectivity index (χ1v) is 7.96. The Morgan fingerprint density at radius 1 is 1.21 bits per heavy atom. The molecule has 0 aliphatic carbocycles. The molecule has 0 aromatic heterocycles. The molecular formula is C17H20FN3O3. The van der Waals surface area contributed by atoms with E-state index >= 15 is 0 Å². The number of nitrogens with zero attached hydrogens (tertiary/aromatic N) is 2. The van der Waals surface area contributed by atoms with Crippen LogP contribution in [0.1, 0.15) is 22.3 Å². The average molecular weight is 333 g/mol. The molecule has 1 aromatic rings. The molecule has 0 spiro atoms. The summed E-state index contributed by atoms with van der Waals surface area (Å²) in [6.45, 7) is 2.96. The van der Waals surface area contributed by atoms with Crippen molar-refractivity contribution in [3.05, 3.63) is 35.1 Å². The highest BCUT2D eigenvalue weighted by atomic mass is 19.1. The molecular weight excluding hydrogens is 313 g/mol. The van der Waals surface area contributed by atoms with Crippen molar-refractivity contribution in [1.82, 2.24) is 15.1 Å². The van der Waals surface area contributed by atoms with E-state index in [2.05, 4.69) is 5.32 Å². The minimum atomic E-state index is -0.432. The number of carbonyl (C=O) groups is 3. The fourth-order valence-electron chi connectivity index (χ4n) is 3.32. The van der Waals surface area contributed by atoms with Gasteiger partial charge in [0.15, 0.2) is 0 Å². The first-order valence-electron chi connectivity index (χ1n) is 7.96. The largest absolute Gasteiger partial charge is 0.359 e. The smallest absolute Gasteiger partial charge is 0.254 e. The van der Waals surface area contributed by atoms with Crippen molar-refractivity contribution < 1.29 is 18.8 Å². The number of likely N-dealkylation sites (tertiary alicyclic amines) is 2. The normalized spacial score (nSPS) is 21.0. The zero-order valence-electron chi connectivity index (χ0n) is 13.7. The molecule has 24 heavy (non-hydrogen) atoms. The highest BCUT2D eigenvalue weighted by Crippen LogP contribution is 2.26. The fraction of sp³-hybridized carbons (Fsp3) is 0.471. The molecule has 3 amide bonds. The van der Waals surface area contributed by atoms with Gasteiger partial charge in [0.2, 0.25) is 11.8 Å². The molecule has 0 saturated carbocycles. The zero-order valence-corrected chi connectivity index (χ0v) is 13.7. The molecule has 0 radical (unpaired) electrons. The van der Waals surface area contributed by atoms with Gasteiger partial charge < -0.3 is 15.1 Å². The Morgan fingerprint density at radius 2 is 1.92 bits per heavy atom. The number of rotatable bonds is 3. The second kappa shape index (κ2) is 6.22. The van der Waals surface area contributed by atoms with E-state index in [1.807, 2.05) is 0 Å². The van der Waals surface area contributed by atoms with Crippen molar-refractivity contribution in [3.63, 3.8) is 0 Å². The lowest BCUT2D eigenvalue weighted by Crippen LogP contribution is -2.61. The van der Waals surface area contributed by atoms with Crippen LogP contribution in [0.15, 0.2) is 18.2 Å². The van der Waals surface area contributed by atoms with Crippen LogP contribution in [-0.4, -0.2) is 60.2 Å². The Kier molecular flexibility index (Phi) is 4.26. The van der Waals surface area contributed by atoms with Gasteiger partial charge in [-0.2, -0.15) is 0 Å². The third kappa shape index (κ3) is 2.98. The van der Waals surface area contributed by atoms with Gasteiger partial charge in [-0.3, -0.25) is 14.4 Å². The quantitative estimate of drug-likeness (QED) is 0.878. The summed E-state index contributed by atoms with van der Waals surface area (Å²) in [5.74, 6) is -1.17. The summed E-state index contributed by atoms with van der Waals surface area (Å²) in [6, 6.07) is 4.19. The maximum Gasteiger partial charge on any atom is 0.254 e. The third-order valence-corrected chi connectivity index (χ3v) is 4.65. The van der Waals surface area contributed by atoms with Crippen LogP contribution in [0.2, 0.25) is 0 Å². The number of nitrogens with one attached hydrogen (secondary N) is 1. The average Bonchev–Trinajstić information content (AvgIpc) is 2.85. The molecule has 2 aliphatic rings. The lowest BCUT2D eigenvalue weighted by Gasteiger charge is -2.44. The van der Waals surface area contributed by atoms with Crippen molar-refractivity contribution in [2.75, 3.05) is 26.7 Å². The number of benzene rings is 1. The van der Waals surface area contributed by atoms with E-state index in [1.165, 1.54) is 12.1 Å². The first kappa shape index (κ1) is 16.4. The second-order valence-corrected chi connectivity index (χ2v) is 6.44. The van der Waals surface area contributed by atoms with Crippen LogP contribution in [0.3, 0.4) is 0 Å². The van der Waals surface area contributed by atoms with Gasteiger partial charge in [0.1, 0.15) is 5.82 Å². The molecule has 1 N–H and O–H groups in total. The number of hydrogen-bond donors (Lipinski definition) is 1. The summed E-state index contributed by atoms with van der Waals surface area (Å²) in [6.07, 6.45) is 0.215. The number of halogens is 1. The number of carbonyl (C=O) groups excluding carboxylic acids is 3. The predicted molar refractivity (Wildman–Crippen MR) is 84.7 cm³/mol. The van der Waals surface area contributed by atoms with Gasteiger partial charge in [-0.25, -0.2) is 4.39 Å². The van der Waals surface area contributed by atoms with E-state index in [0.717, 1.165) is 0 Å². The van der Waals surface area contributed by atoms with Crippen molar-refractivity contribution in [2.45, 2.75) is 19.4 Å². The molecule has 1 aromatic carbocycles. The van der Waals surface area contributed by atoms with Gasteiger partial charge >= 0.3 is 0 Å². The topological polar surface area (TPSA) is 69.7 Å². The molecule has 3 rings (SSSR count). The van der Waals surface area contributed by atoms with Crippen molar-refractivity contribution in [2.24, 2.45) is 5.92 Å². The lowest BCUT2D eigenvalue weighted by atomic mass is 10.0. The minimum Gasteiger partial charge on any atom is -0.359 e. The van der Waals surface area contributed by atoms with Crippen LogP contribution < -0.4 is 5.32 Å². The van der Waals surface area contributed by atoms with Gasteiger partial charge in [0.25, 0.3) is 5.91 Å². The standard InChI is InChI=1S/C17H20FN3O3/c1-10-3-11(5-13(18)4-10)17(24)20-8-14(9-20)21-7-12(6-15(21)22)16(23)19-2/h3-5,12,14H,6-9H2,1-2H3,(H,19,23). The van der Waals surface area contributed by atoms with Gasteiger partial charge in [-0.1, -0.05) is 0 Å². The molecule has 2 fully saturated rings. The second-order valence-electron chi connectivity index (χ2n) is 6.44. The van der Waals surface area contributed by atoms with Crippen LogP contribution in [0.4, 0.5) is 4.39 Å². The van der Waals surface area contributed by atoms with E-state index in [9.17, 15) is 18.8 Å². The number of aryl methyl sites for hydroxylation is 1. The number of hydrogen-bond acceptors (Lipinski definition) is 3. The summed E-state index contributed by atoms with van der Waals surface area (Å²) in [4.78, 5) is 39.4. The Morgan fingerprint density at radius 3 is 2.54 bits per heavy atom. The van der Waals surface area contributed by atoms with Crippen LogP contribution >= 0.6 is 0 Å². The van der Waals surface area contributed by atoms with E-state index in [4.69, 9.17) is 0 Å². The Labute approximate surface area is 139 Å². The van der Waals surface area contributed by atoms with E-state index < -0.39 is 5.82 Å². The summed E-state index contributed by atoms with van der Waals surface area (Å²) < 4.78 is 13.4. The minimum absolute atomic E-state index is 0.0534. The highest BCUT2D eigenvalue weighted by molar-refractivity contribution is 5.95. The highest BCUT2D eigenvalue weighted by Gasteiger charge is 2.43. The SMILES string of the molecule is CNC(=O)C1CC(=O)N(C2CN(C(=O)c3cc(C)cc(F)c3)C2)C1. The summed E-state index contributed by atoms with van der Waals surface area (Å²) in [5, 5.41) is 2.56. The Bertz CT molecular complexity index is 680. The van der Waals surface area contributed by atoms with Crippen LogP contribution in [0.25, 0.3) is 0 Å². The van der Waals surface area contributed by atoms with Crippen molar-refractivity contribution in [1.29, 1.82) is 0 Å². The Balaban J connectivity index is 1.60. The van der Waals surface area contributed by atoms with Crippen molar-refractivity contribution >= 4 is 17.7 Å². The fourth-order valence-corrected chi connectivity index (χ4v) is 3.32. The first-order chi connectivity index (χ1) is 11.4. The molecule has 128 valence electrons. The molecule has 1 unspecified atom stereocenters. The molecule has 0 bridgehead atoms. The monoisotopic (exact) mass is 333 g/mol. The molecule has 1 atom stereocenters. The van der Waals surface area contributed by atoms with Crippen LogP contribution in [0.5, 0.6) is 0 Å². The molecule has 2 heterocycles. The summed E-state index contributed by atoms with van der Waals surface area (Å²) in [7, 11) is 1.56. The van der Waals surface area contributed by atoms with E-state index in [0.29, 0.717) is 30.8 Å². The summed E-state index contributed by atoms with van der Waals surface area (Å²) >= 11 is 0. The van der Waals surface area contributed by atoms with E-state index in [-0.39, 0.29) is 36.1 Å². The third-order valence-electron chi connectivity index (χ3n) is 4.65. The van der Waals surface area contributed by atoms with Gasteiger partial charge in [0.05, 0.1) is 12.0 Å². The van der Waals surface area contributed by atoms with Crippen molar-refractivity contribution in [3.8, 4) is 0 Å². The Hall–Kier alpha value is -2.44. The van der Waals surface area contributed by atoms with Gasteiger partial charge in [0, 0.05) is 38.7 Å².